The second-order valence-corrected chi connectivity index (χ2v) is 11.1. The average molecular weight is 524 g/mol. The van der Waals surface area contributed by atoms with E-state index in [0.29, 0.717) is 0 Å². The molecule has 6 aromatic rings. The predicted octanol–water partition coefficient (Wildman–Crippen LogP) is 7.44. The molecule has 0 fully saturated rings. The van der Waals surface area contributed by atoms with Crippen molar-refractivity contribution in [3.8, 4) is 0 Å². The summed E-state index contributed by atoms with van der Waals surface area (Å²) < 4.78 is 0. The molecule has 0 atom stereocenters. The van der Waals surface area contributed by atoms with Gasteiger partial charge in [0.1, 0.15) is 0 Å². The Morgan fingerprint density at radius 3 is 1.12 bits per heavy atom. The van der Waals surface area contributed by atoms with Crippen LogP contribution in [0, 0.1) is 0 Å². The number of hydrogen-bond acceptors (Lipinski definition) is 0. The van der Waals surface area contributed by atoms with Crippen molar-refractivity contribution in [2.45, 2.75) is 45.9 Å². The van der Waals surface area contributed by atoms with Crippen molar-refractivity contribution in [1.29, 1.82) is 0 Å². The maximum atomic E-state index is 3.68. The predicted molar refractivity (Wildman–Crippen MR) is 179 cm³/mol. The van der Waals surface area contributed by atoms with Crippen molar-refractivity contribution >= 4 is 54.9 Å². The number of benzene rings is 6. The van der Waals surface area contributed by atoms with E-state index in [2.05, 4.69) is 147 Å². The van der Waals surface area contributed by atoms with Crippen LogP contribution in [-0.2, 0) is 0 Å². The highest BCUT2D eigenvalue weighted by Crippen LogP contribution is 2.27. The molecule has 6 rings (SSSR count). The van der Waals surface area contributed by atoms with E-state index in [9.17, 15) is 0 Å². The monoisotopic (exact) mass is 523 g/mol. The molecule has 0 aliphatic rings. The smallest absolute Gasteiger partial charge is 0.0837 e. The molecule has 2 heteroatoms. The van der Waals surface area contributed by atoms with Crippen LogP contribution in [0.15, 0.2) is 127 Å². The van der Waals surface area contributed by atoms with Crippen LogP contribution in [0.3, 0.4) is 0 Å². The summed E-state index contributed by atoms with van der Waals surface area (Å²) >= 11 is 0. The standard InChI is InChI=1S/C34H30B.C4H11N/c1-2-3-25-35(32-22-10-16-26-13-4-7-19-29(26)32,33-23-11-17-27-14-5-8-20-30(27)33)34-24-12-18-28-15-6-9-21-31(28)34;1-2-3-4-5/h4-24H,2-3,25H2,1H3;2-5H2,1H3/q-1;/p+1. The second kappa shape index (κ2) is 13.0. The molecule has 0 aromatic heterocycles. The molecule has 0 saturated heterocycles. The summed E-state index contributed by atoms with van der Waals surface area (Å²) in [5.74, 6) is 0. The summed E-state index contributed by atoms with van der Waals surface area (Å²) in [7, 11) is 0. The first-order valence-corrected chi connectivity index (χ1v) is 15.2. The summed E-state index contributed by atoms with van der Waals surface area (Å²) in [4.78, 5) is 0. The number of unbranched alkanes of at least 4 members (excludes halogenated alkanes) is 2. The van der Waals surface area contributed by atoms with Gasteiger partial charge in [-0.05, 0) is 22.6 Å². The Morgan fingerprint density at radius 1 is 0.450 bits per heavy atom. The van der Waals surface area contributed by atoms with Crippen LogP contribution in [0.25, 0.3) is 32.3 Å². The normalized spacial score (nSPS) is 11.5. The zero-order valence-electron chi connectivity index (χ0n) is 24.2. The molecule has 3 N–H and O–H groups in total. The van der Waals surface area contributed by atoms with Gasteiger partial charge in [0.2, 0.25) is 0 Å². The van der Waals surface area contributed by atoms with E-state index < -0.39 is 6.15 Å². The van der Waals surface area contributed by atoms with E-state index in [4.69, 9.17) is 0 Å². The van der Waals surface area contributed by atoms with Crippen LogP contribution in [0.1, 0.15) is 39.5 Å². The Hall–Kier alpha value is -3.88. The van der Waals surface area contributed by atoms with Gasteiger partial charge in [-0.1, -0.05) is 177 Å². The fourth-order valence-electron chi connectivity index (χ4n) is 6.77. The molecule has 0 bridgehead atoms. The largest absolute Gasteiger partial charge is 0.358 e. The van der Waals surface area contributed by atoms with Gasteiger partial charge in [0, 0.05) is 0 Å². The van der Waals surface area contributed by atoms with E-state index in [-0.39, 0.29) is 0 Å². The van der Waals surface area contributed by atoms with Gasteiger partial charge >= 0.3 is 0 Å². The Kier molecular flexibility index (Phi) is 8.99. The number of hydrogen-bond donors (Lipinski definition) is 1. The Morgan fingerprint density at radius 2 is 0.800 bits per heavy atom. The van der Waals surface area contributed by atoms with Gasteiger partial charge in [-0.25, -0.2) is 0 Å². The van der Waals surface area contributed by atoms with Crippen LogP contribution in [0.4, 0.5) is 0 Å². The molecule has 1 nitrogen and oxygen atoms in total. The van der Waals surface area contributed by atoms with E-state index in [0.717, 1.165) is 12.9 Å². The van der Waals surface area contributed by atoms with Crippen LogP contribution < -0.4 is 22.1 Å². The molecular formula is C38H42BN. The maximum absolute atomic E-state index is 3.68. The van der Waals surface area contributed by atoms with Crippen LogP contribution in [0.5, 0.6) is 0 Å². The average Bonchev–Trinajstić information content (AvgIpc) is 3.02. The Bertz CT molecular complexity index is 1490. The summed E-state index contributed by atoms with van der Waals surface area (Å²) in [5.41, 5.74) is 8.06. The molecule has 0 amide bonds. The van der Waals surface area contributed by atoms with E-state index in [1.54, 1.807) is 0 Å². The molecule has 40 heavy (non-hydrogen) atoms. The molecule has 0 spiro atoms. The zero-order valence-corrected chi connectivity index (χ0v) is 24.2. The van der Waals surface area contributed by atoms with Crippen molar-refractivity contribution in [3.05, 3.63) is 127 Å². The van der Waals surface area contributed by atoms with E-state index >= 15 is 0 Å². The van der Waals surface area contributed by atoms with Gasteiger partial charge in [0.15, 0.2) is 0 Å². The highest BCUT2D eigenvalue weighted by molar-refractivity contribution is 7.14. The molecule has 0 heterocycles. The zero-order chi connectivity index (χ0) is 27.8. The molecule has 202 valence electrons. The van der Waals surface area contributed by atoms with Gasteiger partial charge in [0.25, 0.3) is 0 Å². The molecular weight excluding hydrogens is 481 g/mol. The van der Waals surface area contributed by atoms with Crippen molar-refractivity contribution in [2.24, 2.45) is 0 Å². The van der Waals surface area contributed by atoms with E-state index in [1.807, 2.05) is 0 Å². The first-order chi connectivity index (χ1) is 19.7. The quantitative estimate of drug-likeness (QED) is 0.201. The molecule has 0 aliphatic carbocycles. The third kappa shape index (κ3) is 5.29. The molecule has 6 aromatic carbocycles. The highest BCUT2D eigenvalue weighted by atomic mass is 14.5. The molecule has 0 unspecified atom stereocenters. The first kappa shape index (κ1) is 27.7. The van der Waals surface area contributed by atoms with Gasteiger partial charge in [-0.3, -0.25) is 0 Å². The number of rotatable bonds is 8. The highest BCUT2D eigenvalue weighted by Gasteiger charge is 2.33. The topological polar surface area (TPSA) is 27.6 Å². The third-order valence-electron chi connectivity index (χ3n) is 8.66. The van der Waals surface area contributed by atoms with Gasteiger partial charge < -0.3 is 5.73 Å². The SMILES string of the molecule is CCCC[B-](c1cccc2ccccc12)(c1cccc2ccccc12)c1cccc2ccccc12.CCCC[NH3+]. The summed E-state index contributed by atoms with van der Waals surface area (Å²) in [6, 6.07) is 47.5. The van der Waals surface area contributed by atoms with Crippen molar-refractivity contribution in [3.63, 3.8) is 0 Å². The molecule has 0 saturated carbocycles. The van der Waals surface area contributed by atoms with E-state index in [1.165, 1.54) is 74.4 Å². The van der Waals surface area contributed by atoms with Gasteiger partial charge in [-0.2, -0.15) is 22.7 Å². The minimum Gasteiger partial charge on any atom is -0.358 e. The summed E-state index contributed by atoms with van der Waals surface area (Å²) in [5, 5.41) is 8.04. The lowest BCUT2D eigenvalue weighted by molar-refractivity contribution is -0.368. The molecule has 0 aliphatic heterocycles. The fraction of sp³-hybridized carbons (Fsp3) is 0.211. The lowest BCUT2D eigenvalue weighted by Gasteiger charge is -2.45. The summed E-state index contributed by atoms with van der Waals surface area (Å²) in [6.07, 6.45) is 4.77. The fourth-order valence-corrected chi connectivity index (χ4v) is 6.77. The maximum Gasteiger partial charge on any atom is 0.0837 e. The Labute approximate surface area is 240 Å². The third-order valence-corrected chi connectivity index (χ3v) is 8.66. The number of fused-ring (bicyclic) bond motifs is 3. The van der Waals surface area contributed by atoms with Gasteiger partial charge in [-0.15, -0.1) is 0 Å². The lowest BCUT2D eigenvalue weighted by Crippen LogP contribution is -2.67. The minimum atomic E-state index is -1.25. The van der Waals surface area contributed by atoms with Crippen LogP contribution in [-0.4, -0.2) is 12.7 Å². The lowest BCUT2D eigenvalue weighted by atomic mass is 9.13. The van der Waals surface area contributed by atoms with Crippen LogP contribution >= 0.6 is 0 Å². The first-order valence-electron chi connectivity index (χ1n) is 15.2. The summed E-state index contributed by atoms with van der Waals surface area (Å²) in [6.45, 7) is 5.58. The molecule has 0 radical (unpaired) electrons. The van der Waals surface area contributed by atoms with Crippen molar-refractivity contribution in [2.75, 3.05) is 6.54 Å². The van der Waals surface area contributed by atoms with Gasteiger partial charge in [0.05, 0.1) is 12.7 Å². The van der Waals surface area contributed by atoms with Crippen molar-refractivity contribution in [1.82, 2.24) is 0 Å². The van der Waals surface area contributed by atoms with Crippen LogP contribution in [0.2, 0.25) is 6.32 Å². The van der Waals surface area contributed by atoms with Crippen molar-refractivity contribution < 1.29 is 5.73 Å². The second-order valence-electron chi connectivity index (χ2n) is 11.1. The minimum absolute atomic E-state index is 1.09. The number of quaternary nitrogens is 1. The Balaban J connectivity index is 0.000000595.